The lowest BCUT2D eigenvalue weighted by atomic mass is 10.1. The number of carbonyl (C=O) groups excluding carboxylic acids is 3. The van der Waals surface area contributed by atoms with Crippen molar-refractivity contribution in [2.24, 2.45) is 0 Å². The van der Waals surface area contributed by atoms with Crippen molar-refractivity contribution in [3.8, 4) is 0 Å². The normalized spacial score (nSPS) is 13.0. The van der Waals surface area contributed by atoms with Crippen LogP contribution < -0.4 is 5.32 Å². The molecule has 0 radical (unpaired) electrons. The molecule has 0 saturated heterocycles. The van der Waals surface area contributed by atoms with Crippen LogP contribution in [0.2, 0.25) is 0 Å². The van der Waals surface area contributed by atoms with Crippen LogP contribution in [-0.4, -0.2) is 42.4 Å². The van der Waals surface area contributed by atoms with E-state index in [2.05, 4.69) is 11.9 Å². The van der Waals surface area contributed by atoms with E-state index in [1.165, 1.54) is 4.90 Å². The minimum atomic E-state index is -0.281. The van der Waals surface area contributed by atoms with Crippen LogP contribution >= 0.6 is 0 Å². The van der Waals surface area contributed by atoms with E-state index in [1.807, 2.05) is 12.1 Å². The Hall–Kier alpha value is -2.63. The third-order valence-electron chi connectivity index (χ3n) is 3.53. The number of nitrogens with zero attached hydrogens (tertiary/aromatic N) is 1. The number of fused-ring (bicyclic) bond motifs is 1. The van der Waals surface area contributed by atoms with Crippen LogP contribution in [0.25, 0.3) is 5.70 Å². The summed E-state index contributed by atoms with van der Waals surface area (Å²) in [5.41, 5.74) is 1.85. The van der Waals surface area contributed by atoms with Gasteiger partial charge in [-0.25, -0.2) is 0 Å². The lowest BCUT2D eigenvalue weighted by molar-refractivity contribution is -0.143. The molecule has 2 rings (SSSR count). The second-order valence-electron chi connectivity index (χ2n) is 5.14. The molecule has 122 valence electrons. The third kappa shape index (κ3) is 3.97. The van der Waals surface area contributed by atoms with E-state index in [1.54, 1.807) is 19.1 Å². The van der Waals surface area contributed by atoms with E-state index in [4.69, 9.17) is 4.74 Å². The summed E-state index contributed by atoms with van der Waals surface area (Å²) in [4.78, 5) is 36.8. The second-order valence-corrected chi connectivity index (χ2v) is 5.14. The van der Waals surface area contributed by atoms with Crippen LogP contribution in [0.3, 0.4) is 0 Å². The summed E-state index contributed by atoms with van der Waals surface area (Å²) in [5, 5.41) is 2.69. The Morgan fingerprint density at radius 1 is 1.26 bits per heavy atom. The molecule has 2 amide bonds. The topological polar surface area (TPSA) is 75.7 Å². The molecule has 0 saturated carbocycles. The van der Waals surface area contributed by atoms with Gasteiger partial charge in [0.25, 0.3) is 5.91 Å². The number of amides is 2. The zero-order valence-electron chi connectivity index (χ0n) is 13.1. The zero-order valence-corrected chi connectivity index (χ0v) is 13.1. The van der Waals surface area contributed by atoms with Gasteiger partial charge in [0, 0.05) is 29.8 Å². The highest BCUT2D eigenvalue weighted by Gasteiger charge is 2.31. The van der Waals surface area contributed by atoms with Gasteiger partial charge in [-0.2, -0.15) is 0 Å². The van der Waals surface area contributed by atoms with Crippen LogP contribution in [0.4, 0.5) is 0 Å². The summed E-state index contributed by atoms with van der Waals surface area (Å²) < 4.78 is 4.80. The molecule has 1 aliphatic heterocycles. The van der Waals surface area contributed by atoms with Gasteiger partial charge < -0.3 is 10.1 Å². The molecule has 0 fully saturated rings. The molecular formula is C17H20N2O4. The van der Waals surface area contributed by atoms with Crippen molar-refractivity contribution in [1.29, 1.82) is 0 Å². The standard InChI is InChI=1S/C17H20N2O4/c1-3-23-16(21)9-6-10-18-15(20)11-19-12(2)13-7-4-5-8-14(13)17(19)22/h4-5,7-8H,2-3,6,9-11H2,1H3,(H,18,20). The molecule has 6 nitrogen and oxygen atoms in total. The summed E-state index contributed by atoms with van der Waals surface area (Å²) in [5.74, 6) is -0.774. The van der Waals surface area contributed by atoms with Crippen molar-refractivity contribution in [3.05, 3.63) is 42.0 Å². The second kappa shape index (κ2) is 7.58. The van der Waals surface area contributed by atoms with E-state index in [9.17, 15) is 14.4 Å². The fraction of sp³-hybridized carbons (Fsp3) is 0.353. The number of hydrogen-bond acceptors (Lipinski definition) is 4. The molecule has 1 N–H and O–H groups in total. The van der Waals surface area contributed by atoms with E-state index in [0.717, 1.165) is 5.56 Å². The Bertz CT molecular complexity index is 604. The first-order valence-electron chi connectivity index (χ1n) is 7.57. The van der Waals surface area contributed by atoms with Crippen LogP contribution in [-0.2, 0) is 14.3 Å². The molecule has 1 aliphatic rings. The van der Waals surface area contributed by atoms with Gasteiger partial charge in [-0.05, 0) is 19.4 Å². The third-order valence-corrected chi connectivity index (χ3v) is 3.53. The van der Waals surface area contributed by atoms with Gasteiger partial charge in [0.1, 0.15) is 6.54 Å². The Labute approximate surface area is 135 Å². The van der Waals surface area contributed by atoms with E-state index in [-0.39, 0.29) is 30.7 Å². The van der Waals surface area contributed by atoms with Crippen molar-refractivity contribution in [2.45, 2.75) is 19.8 Å². The van der Waals surface area contributed by atoms with Crippen molar-refractivity contribution >= 4 is 23.5 Å². The van der Waals surface area contributed by atoms with Gasteiger partial charge in [-0.3, -0.25) is 19.3 Å². The van der Waals surface area contributed by atoms with Crippen molar-refractivity contribution < 1.29 is 19.1 Å². The maximum absolute atomic E-state index is 12.3. The molecule has 0 bridgehead atoms. The molecule has 0 aliphatic carbocycles. The molecule has 6 heteroatoms. The summed E-state index contributed by atoms with van der Waals surface area (Å²) in [6, 6.07) is 7.14. The number of carbonyl (C=O) groups is 3. The fourth-order valence-electron chi connectivity index (χ4n) is 2.40. The smallest absolute Gasteiger partial charge is 0.305 e. The van der Waals surface area contributed by atoms with Gasteiger partial charge in [-0.15, -0.1) is 0 Å². The molecule has 23 heavy (non-hydrogen) atoms. The van der Waals surface area contributed by atoms with Crippen LogP contribution in [0.1, 0.15) is 35.7 Å². The quantitative estimate of drug-likeness (QED) is 0.612. The number of nitrogens with one attached hydrogen (secondary N) is 1. The fourth-order valence-corrected chi connectivity index (χ4v) is 2.40. The van der Waals surface area contributed by atoms with Gasteiger partial charge in [0.2, 0.25) is 5.91 Å². The first-order valence-corrected chi connectivity index (χ1v) is 7.57. The maximum Gasteiger partial charge on any atom is 0.305 e. The van der Waals surface area contributed by atoms with Crippen molar-refractivity contribution in [2.75, 3.05) is 19.7 Å². The molecule has 1 aromatic carbocycles. The molecular weight excluding hydrogens is 296 g/mol. The number of rotatable bonds is 7. The molecule has 0 unspecified atom stereocenters. The summed E-state index contributed by atoms with van der Waals surface area (Å²) in [7, 11) is 0. The summed E-state index contributed by atoms with van der Waals surface area (Å²) in [6.07, 6.45) is 0.759. The highest BCUT2D eigenvalue weighted by Crippen LogP contribution is 2.30. The van der Waals surface area contributed by atoms with E-state index < -0.39 is 0 Å². The Balaban J connectivity index is 1.80. The minimum Gasteiger partial charge on any atom is -0.466 e. The molecule has 0 aromatic heterocycles. The largest absolute Gasteiger partial charge is 0.466 e. The molecule has 1 heterocycles. The van der Waals surface area contributed by atoms with Crippen molar-refractivity contribution in [1.82, 2.24) is 10.2 Å². The lowest BCUT2D eigenvalue weighted by Crippen LogP contribution is -2.37. The van der Waals surface area contributed by atoms with Crippen molar-refractivity contribution in [3.63, 3.8) is 0 Å². The average Bonchev–Trinajstić information content (AvgIpc) is 2.77. The zero-order chi connectivity index (χ0) is 16.8. The van der Waals surface area contributed by atoms with E-state index in [0.29, 0.717) is 30.8 Å². The van der Waals surface area contributed by atoms with Gasteiger partial charge >= 0.3 is 5.97 Å². The Morgan fingerprint density at radius 3 is 2.61 bits per heavy atom. The first-order chi connectivity index (χ1) is 11.0. The highest BCUT2D eigenvalue weighted by molar-refractivity contribution is 6.10. The van der Waals surface area contributed by atoms with Gasteiger partial charge in [0.05, 0.1) is 6.61 Å². The van der Waals surface area contributed by atoms with Gasteiger partial charge in [-0.1, -0.05) is 24.8 Å². The summed E-state index contributed by atoms with van der Waals surface area (Å²) in [6.45, 7) is 6.27. The molecule has 1 aromatic rings. The molecule has 0 spiro atoms. The number of ether oxygens (including phenoxy) is 1. The monoisotopic (exact) mass is 316 g/mol. The Morgan fingerprint density at radius 2 is 1.96 bits per heavy atom. The van der Waals surface area contributed by atoms with E-state index >= 15 is 0 Å². The SMILES string of the molecule is C=C1c2ccccc2C(=O)N1CC(=O)NCCCC(=O)OCC. The lowest BCUT2D eigenvalue weighted by Gasteiger charge is -2.16. The molecule has 0 atom stereocenters. The van der Waals surface area contributed by atoms with Crippen LogP contribution in [0.5, 0.6) is 0 Å². The average molecular weight is 316 g/mol. The van der Waals surface area contributed by atoms with Gasteiger partial charge in [0.15, 0.2) is 0 Å². The first kappa shape index (κ1) is 16.7. The van der Waals surface area contributed by atoms with Crippen LogP contribution in [0.15, 0.2) is 30.8 Å². The predicted octanol–water partition coefficient (Wildman–Crippen LogP) is 1.57. The minimum absolute atomic E-state index is 0.0776. The number of benzene rings is 1. The maximum atomic E-state index is 12.3. The number of esters is 1. The number of hydrogen-bond donors (Lipinski definition) is 1. The highest BCUT2D eigenvalue weighted by atomic mass is 16.5. The predicted molar refractivity (Wildman–Crippen MR) is 85.4 cm³/mol. The Kier molecular flexibility index (Phi) is 5.51. The summed E-state index contributed by atoms with van der Waals surface area (Å²) >= 11 is 0. The van der Waals surface area contributed by atoms with Crippen LogP contribution in [0, 0.1) is 0 Å².